The lowest BCUT2D eigenvalue weighted by Gasteiger charge is -2.26. The number of allylic oxidation sites excluding steroid dienone is 4. The highest BCUT2D eigenvalue weighted by molar-refractivity contribution is 5.75. The van der Waals surface area contributed by atoms with Crippen LogP contribution in [-0.4, -0.2) is 44.4 Å². The standard InChI is InChI=1S/C21H29NO2/c1-4-8-19(5-2)20-10-9-18(3)21(17-20)24-14-7-6-11-22-12-15-23-16-13-22/h4-5,8-10,17H,1-2,6-7,11-16H2,3H3/b19-8+. The normalized spacial score (nSPS) is 16.0. The molecule has 1 aliphatic rings. The summed E-state index contributed by atoms with van der Waals surface area (Å²) in [7, 11) is 0. The van der Waals surface area contributed by atoms with Crippen molar-refractivity contribution in [3.63, 3.8) is 0 Å². The minimum atomic E-state index is 0.753. The molecule has 0 bridgehead atoms. The van der Waals surface area contributed by atoms with Crippen LogP contribution in [-0.2, 0) is 4.74 Å². The monoisotopic (exact) mass is 327 g/mol. The maximum Gasteiger partial charge on any atom is 0.122 e. The summed E-state index contributed by atoms with van der Waals surface area (Å²) in [6.45, 7) is 15.4. The Morgan fingerprint density at radius 3 is 2.75 bits per heavy atom. The van der Waals surface area contributed by atoms with Crippen molar-refractivity contribution in [1.29, 1.82) is 0 Å². The highest BCUT2D eigenvalue weighted by atomic mass is 16.5. The molecule has 0 amide bonds. The van der Waals surface area contributed by atoms with E-state index in [9.17, 15) is 0 Å². The summed E-state index contributed by atoms with van der Waals surface area (Å²) in [6, 6.07) is 6.28. The number of morpholine rings is 1. The molecule has 0 aliphatic carbocycles. The second kappa shape index (κ2) is 10.1. The third-order valence-corrected chi connectivity index (χ3v) is 4.27. The number of nitrogens with zero attached hydrogens (tertiary/aromatic N) is 1. The number of benzene rings is 1. The number of hydrogen-bond acceptors (Lipinski definition) is 3. The van der Waals surface area contributed by atoms with Gasteiger partial charge in [-0.25, -0.2) is 0 Å². The first-order valence-corrected chi connectivity index (χ1v) is 8.73. The predicted octanol–water partition coefficient (Wildman–Crippen LogP) is 4.24. The summed E-state index contributed by atoms with van der Waals surface area (Å²) in [5, 5.41) is 0. The fourth-order valence-electron chi connectivity index (χ4n) is 2.79. The molecular formula is C21H29NO2. The van der Waals surface area contributed by atoms with Crippen molar-refractivity contribution in [2.45, 2.75) is 19.8 Å². The van der Waals surface area contributed by atoms with E-state index >= 15 is 0 Å². The topological polar surface area (TPSA) is 21.7 Å². The summed E-state index contributed by atoms with van der Waals surface area (Å²) in [6.07, 6.45) is 7.82. The van der Waals surface area contributed by atoms with E-state index in [1.807, 2.05) is 12.2 Å². The molecule has 1 aromatic rings. The molecule has 0 spiro atoms. The summed E-state index contributed by atoms with van der Waals surface area (Å²) in [5.41, 5.74) is 3.33. The van der Waals surface area contributed by atoms with Gasteiger partial charge in [0.25, 0.3) is 0 Å². The van der Waals surface area contributed by atoms with Crippen LogP contribution >= 0.6 is 0 Å². The Labute approximate surface area is 146 Å². The number of unbranched alkanes of at least 4 members (excludes halogenated alkanes) is 1. The molecule has 0 atom stereocenters. The third-order valence-electron chi connectivity index (χ3n) is 4.27. The van der Waals surface area contributed by atoms with Crippen molar-refractivity contribution in [2.75, 3.05) is 39.5 Å². The fraction of sp³-hybridized carbons (Fsp3) is 0.429. The average Bonchev–Trinajstić information content (AvgIpc) is 2.62. The molecule has 0 unspecified atom stereocenters. The van der Waals surface area contributed by atoms with Gasteiger partial charge in [0.1, 0.15) is 5.75 Å². The second-order valence-electron chi connectivity index (χ2n) is 6.05. The van der Waals surface area contributed by atoms with Crippen LogP contribution in [0.25, 0.3) is 5.57 Å². The van der Waals surface area contributed by atoms with Crippen LogP contribution in [0.1, 0.15) is 24.0 Å². The lowest BCUT2D eigenvalue weighted by atomic mass is 10.0. The minimum absolute atomic E-state index is 0.753. The van der Waals surface area contributed by atoms with E-state index in [0.29, 0.717) is 0 Å². The minimum Gasteiger partial charge on any atom is -0.493 e. The van der Waals surface area contributed by atoms with E-state index in [1.165, 1.54) is 0 Å². The zero-order valence-corrected chi connectivity index (χ0v) is 14.8. The molecule has 130 valence electrons. The van der Waals surface area contributed by atoms with E-state index < -0.39 is 0 Å². The summed E-state index contributed by atoms with van der Waals surface area (Å²) < 4.78 is 11.4. The molecule has 1 aromatic carbocycles. The quantitative estimate of drug-likeness (QED) is 0.500. The molecule has 1 saturated heterocycles. The molecule has 24 heavy (non-hydrogen) atoms. The summed E-state index contributed by atoms with van der Waals surface area (Å²) >= 11 is 0. The van der Waals surface area contributed by atoms with Crippen LogP contribution in [0.4, 0.5) is 0 Å². The molecule has 0 radical (unpaired) electrons. The van der Waals surface area contributed by atoms with E-state index in [-0.39, 0.29) is 0 Å². The van der Waals surface area contributed by atoms with E-state index in [1.54, 1.807) is 6.08 Å². The molecule has 1 fully saturated rings. The maximum absolute atomic E-state index is 6.01. The Hall–Kier alpha value is -1.84. The van der Waals surface area contributed by atoms with Gasteiger partial charge in [0, 0.05) is 13.1 Å². The van der Waals surface area contributed by atoms with Gasteiger partial charge in [-0.1, -0.05) is 43.5 Å². The molecule has 1 heterocycles. The van der Waals surface area contributed by atoms with Crippen LogP contribution < -0.4 is 4.74 Å². The molecule has 3 nitrogen and oxygen atoms in total. The zero-order valence-electron chi connectivity index (χ0n) is 14.8. The van der Waals surface area contributed by atoms with Gasteiger partial charge in [-0.3, -0.25) is 4.90 Å². The first kappa shape index (κ1) is 18.5. The molecular weight excluding hydrogens is 298 g/mol. The lowest BCUT2D eigenvalue weighted by molar-refractivity contribution is 0.0368. The SMILES string of the molecule is C=C/C=C(\C=C)c1ccc(C)c(OCCCCN2CCOCC2)c1. The van der Waals surface area contributed by atoms with Crippen LogP contribution in [0.15, 0.2) is 49.6 Å². The molecule has 3 heteroatoms. The Morgan fingerprint density at radius 1 is 1.25 bits per heavy atom. The third kappa shape index (κ3) is 5.66. The van der Waals surface area contributed by atoms with Gasteiger partial charge < -0.3 is 9.47 Å². The average molecular weight is 327 g/mol. The largest absolute Gasteiger partial charge is 0.493 e. The molecule has 0 N–H and O–H groups in total. The molecule has 0 saturated carbocycles. The smallest absolute Gasteiger partial charge is 0.122 e. The van der Waals surface area contributed by atoms with Crippen LogP contribution in [0.2, 0.25) is 0 Å². The predicted molar refractivity (Wildman–Crippen MR) is 102 cm³/mol. The first-order valence-electron chi connectivity index (χ1n) is 8.73. The van der Waals surface area contributed by atoms with E-state index in [0.717, 1.165) is 74.7 Å². The fourth-order valence-corrected chi connectivity index (χ4v) is 2.79. The van der Waals surface area contributed by atoms with Gasteiger partial charge in [0.2, 0.25) is 0 Å². The number of ether oxygens (including phenoxy) is 2. The Balaban J connectivity index is 1.82. The van der Waals surface area contributed by atoms with Crippen molar-refractivity contribution in [3.05, 3.63) is 60.7 Å². The van der Waals surface area contributed by atoms with Crippen molar-refractivity contribution in [3.8, 4) is 5.75 Å². The highest BCUT2D eigenvalue weighted by Gasteiger charge is 2.09. The highest BCUT2D eigenvalue weighted by Crippen LogP contribution is 2.25. The van der Waals surface area contributed by atoms with Gasteiger partial charge in [0.15, 0.2) is 0 Å². The van der Waals surface area contributed by atoms with E-state index in [4.69, 9.17) is 9.47 Å². The number of rotatable bonds is 9. The van der Waals surface area contributed by atoms with Crippen LogP contribution in [0, 0.1) is 6.92 Å². The van der Waals surface area contributed by atoms with Gasteiger partial charge >= 0.3 is 0 Å². The summed E-state index contributed by atoms with van der Waals surface area (Å²) in [4.78, 5) is 2.46. The number of hydrogen-bond donors (Lipinski definition) is 0. The van der Waals surface area contributed by atoms with Gasteiger partial charge in [-0.2, -0.15) is 0 Å². The Bertz CT molecular complexity index is 571. The molecule has 2 rings (SSSR count). The maximum atomic E-state index is 6.01. The zero-order chi connectivity index (χ0) is 17.2. The summed E-state index contributed by atoms with van der Waals surface area (Å²) in [5.74, 6) is 0.954. The van der Waals surface area contributed by atoms with Gasteiger partial charge in [-0.15, -0.1) is 0 Å². The van der Waals surface area contributed by atoms with Crippen LogP contribution in [0.3, 0.4) is 0 Å². The first-order chi connectivity index (χ1) is 11.7. The van der Waals surface area contributed by atoms with Crippen molar-refractivity contribution >= 4 is 5.57 Å². The van der Waals surface area contributed by atoms with Gasteiger partial charge in [-0.05, 0) is 49.1 Å². The lowest BCUT2D eigenvalue weighted by Crippen LogP contribution is -2.36. The Morgan fingerprint density at radius 2 is 2.04 bits per heavy atom. The van der Waals surface area contributed by atoms with E-state index in [2.05, 4.69) is 43.2 Å². The van der Waals surface area contributed by atoms with Crippen molar-refractivity contribution in [2.24, 2.45) is 0 Å². The number of aryl methyl sites for hydroxylation is 1. The van der Waals surface area contributed by atoms with Crippen molar-refractivity contribution < 1.29 is 9.47 Å². The Kier molecular flexibility index (Phi) is 7.80. The molecule has 0 aromatic heterocycles. The van der Waals surface area contributed by atoms with Crippen molar-refractivity contribution in [1.82, 2.24) is 4.90 Å². The van der Waals surface area contributed by atoms with Gasteiger partial charge in [0.05, 0.1) is 19.8 Å². The molecule has 1 aliphatic heterocycles. The van der Waals surface area contributed by atoms with Crippen LogP contribution in [0.5, 0.6) is 5.75 Å². The second-order valence-corrected chi connectivity index (χ2v) is 6.05.